The van der Waals surface area contributed by atoms with Gasteiger partial charge in [0.15, 0.2) is 11.5 Å². The van der Waals surface area contributed by atoms with Crippen LogP contribution < -0.4 is 18.9 Å². The lowest BCUT2D eigenvalue weighted by Gasteiger charge is -2.47. The second-order valence-corrected chi connectivity index (χ2v) is 8.62. The Morgan fingerprint density at radius 2 is 1.50 bits per heavy atom. The number of carbonyl (C=O) groups is 1. The second-order valence-electron chi connectivity index (χ2n) is 7.80. The lowest BCUT2D eigenvalue weighted by molar-refractivity contribution is -0.164. The number of halogens is 2. The molecule has 1 amide bonds. The van der Waals surface area contributed by atoms with Crippen LogP contribution in [-0.2, 0) is 11.2 Å². The van der Waals surface area contributed by atoms with Gasteiger partial charge in [0.25, 0.3) is 5.91 Å². The fraction of sp³-hybridized carbons (Fsp3) is 0.269. The van der Waals surface area contributed by atoms with E-state index in [0.29, 0.717) is 46.0 Å². The van der Waals surface area contributed by atoms with E-state index in [9.17, 15) is 4.79 Å². The number of hydrogen-bond donors (Lipinski definition) is 0. The Morgan fingerprint density at radius 1 is 0.794 bits per heavy atom. The Kier molecular flexibility index (Phi) is 7.39. The van der Waals surface area contributed by atoms with Crippen LogP contribution in [0.25, 0.3) is 0 Å². The van der Waals surface area contributed by atoms with E-state index in [2.05, 4.69) is 0 Å². The molecule has 3 aromatic carbocycles. The first-order valence-electron chi connectivity index (χ1n) is 10.7. The van der Waals surface area contributed by atoms with E-state index in [1.54, 1.807) is 62.6 Å². The van der Waals surface area contributed by atoms with E-state index >= 15 is 0 Å². The first-order chi connectivity index (χ1) is 16.4. The van der Waals surface area contributed by atoms with Crippen LogP contribution in [0.5, 0.6) is 23.0 Å². The number of ether oxygens (including phenoxy) is 4. The summed E-state index contributed by atoms with van der Waals surface area (Å²) in [5.74, 6) is 2.52. The molecule has 0 spiro atoms. The van der Waals surface area contributed by atoms with Crippen LogP contribution in [0.2, 0.25) is 10.0 Å². The molecular formula is C26H25Cl2NO5. The maximum atomic E-state index is 13.1. The molecule has 1 aliphatic rings. The van der Waals surface area contributed by atoms with Gasteiger partial charge in [0.05, 0.1) is 31.4 Å². The fourth-order valence-corrected chi connectivity index (χ4v) is 4.33. The molecule has 0 N–H and O–H groups in total. The molecule has 1 saturated heterocycles. The number of carbonyl (C=O) groups excluding carboxylic acids is 1. The number of likely N-dealkylation sites (tertiary alicyclic amines) is 1. The van der Waals surface area contributed by atoms with Crippen LogP contribution in [0.3, 0.4) is 0 Å². The highest BCUT2D eigenvalue weighted by Crippen LogP contribution is 2.40. The van der Waals surface area contributed by atoms with Gasteiger partial charge in [-0.25, -0.2) is 0 Å². The van der Waals surface area contributed by atoms with Crippen molar-refractivity contribution >= 4 is 29.1 Å². The number of β-lactam (4-membered cyclic amide) rings is 1. The number of rotatable bonds is 9. The summed E-state index contributed by atoms with van der Waals surface area (Å²) < 4.78 is 22.0. The first-order valence-corrected chi connectivity index (χ1v) is 11.5. The summed E-state index contributed by atoms with van der Waals surface area (Å²) in [5, 5.41) is 0.891. The number of methoxy groups -OCH3 is 3. The quantitative estimate of drug-likeness (QED) is 0.357. The van der Waals surface area contributed by atoms with Crippen molar-refractivity contribution in [3.8, 4) is 23.0 Å². The minimum Gasteiger partial charge on any atom is -0.497 e. The van der Waals surface area contributed by atoms with Crippen LogP contribution in [0.1, 0.15) is 17.2 Å². The summed E-state index contributed by atoms with van der Waals surface area (Å²) in [6.45, 7) is 0.502. The average molecular weight is 502 g/mol. The molecular weight excluding hydrogens is 477 g/mol. The monoisotopic (exact) mass is 501 g/mol. The summed E-state index contributed by atoms with van der Waals surface area (Å²) in [7, 11) is 4.80. The van der Waals surface area contributed by atoms with Gasteiger partial charge >= 0.3 is 0 Å². The summed E-state index contributed by atoms with van der Waals surface area (Å²) in [4.78, 5) is 14.9. The molecule has 0 saturated carbocycles. The summed E-state index contributed by atoms with van der Waals surface area (Å²) in [6.07, 6.45) is -0.0323. The van der Waals surface area contributed by atoms with Gasteiger partial charge in [-0.05, 0) is 66.1 Å². The number of benzene rings is 3. The van der Waals surface area contributed by atoms with Crippen molar-refractivity contribution in [2.24, 2.45) is 0 Å². The van der Waals surface area contributed by atoms with Crippen molar-refractivity contribution in [3.63, 3.8) is 0 Å². The topological polar surface area (TPSA) is 57.2 Å². The summed E-state index contributed by atoms with van der Waals surface area (Å²) >= 11 is 12.4. The molecule has 0 aromatic heterocycles. The van der Waals surface area contributed by atoms with Crippen LogP contribution in [0.15, 0.2) is 60.7 Å². The van der Waals surface area contributed by atoms with Crippen LogP contribution in [0.4, 0.5) is 0 Å². The molecule has 3 aromatic rings. The predicted molar refractivity (Wildman–Crippen MR) is 132 cm³/mol. The Morgan fingerprint density at radius 3 is 2.15 bits per heavy atom. The van der Waals surface area contributed by atoms with Crippen molar-refractivity contribution in [3.05, 3.63) is 81.8 Å². The van der Waals surface area contributed by atoms with Gasteiger partial charge in [-0.3, -0.25) is 4.79 Å². The van der Waals surface area contributed by atoms with Gasteiger partial charge in [-0.2, -0.15) is 0 Å². The fourth-order valence-electron chi connectivity index (χ4n) is 4.02. The lowest BCUT2D eigenvalue weighted by Crippen LogP contribution is -2.61. The van der Waals surface area contributed by atoms with Crippen molar-refractivity contribution in [1.29, 1.82) is 0 Å². The van der Waals surface area contributed by atoms with E-state index in [0.717, 1.165) is 11.1 Å². The molecule has 1 fully saturated rings. The smallest absolute Gasteiger partial charge is 0.266 e. The molecule has 1 aliphatic heterocycles. The molecule has 0 bridgehead atoms. The zero-order valence-corrected chi connectivity index (χ0v) is 20.6. The van der Waals surface area contributed by atoms with Crippen molar-refractivity contribution in [2.75, 3.05) is 27.9 Å². The largest absolute Gasteiger partial charge is 0.497 e. The second kappa shape index (κ2) is 10.5. The minimum absolute atomic E-state index is 0.0904. The third-order valence-electron chi connectivity index (χ3n) is 5.85. The normalized spacial score (nSPS) is 17.2. The van der Waals surface area contributed by atoms with Crippen LogP contribution >= 0.6 is 23.2 Å². The third kappa shape index (κ3) is 4.88. The SMILES string of the molecule is COc1ccc(O[C@@H]2C(=O)N(CCc3ccc(OC)c(OC)c3)[C@H]2c2ccc(Cl)c(Cl)c2)cc1. The summed E-state index contributed by atoms with van der Waals surface area (Å²) in [5.41, 5.74) is 1.89. The van der Waals surface area contributed by atoms with Crippen molar-refractivity contribution in [1.82, 2.24) is 4.90 Å². The van der Waals surface area contributed by atoms with Gasteiger partial charge in [-0.1, -0.05) is 35.3 Å². The average Bonchev–Trinajstić information content (AvgIpc) is 2.87. The minimum atomic E-state index is -0.670. The zero-order chi connectivity index (χ0) is 24.2. The van der Waals surface area contributed by atoms with Crippen molar-refractivity contribution < 1.29 is 23.7 Å². The predicted octanol–water partition coefficient (Wildman–Crippen LogP) is 5.59. The van der Waals surface area contributed by atoms with Gasteiger partial charge in [0.1, 0.15) is 17.5 Å². The van der Waals surface area contributed by atoms with Crippen LogP contribution in [-0.4, -0.2) is 44.8 Å². The zero-order valence-electron chi connectivity index (χ0n) is 19.1. The third-order valence-corrected chi connectivity index (χ3v) is 6.59. The summed E-state index contributed by atoms with van der Waals surface area (Å²) in [6, 6.07) is 18.0. The van der Waals surface area contributed by atoms with E-state index in [1.807, 2.05) is 24.3 Å². The molecule has 0 unspecified atom stereocenters. The maximum Gasteiger partial charge on any atom is 0.266 e. The van der Waals surface area contributed by atoms with Gasteiger partial charge in [0, 0.05) is 6.54 Å². The Balaban J connectivity index is 1.55. The molecule has 1 heterocycles. The number of amides is 1. The van der Waals surface area contributed by atoms with E-state index in [4.69, 9.17) is 42.1 Å². The molecule has 4 rings (SSSR count). The lowest BCUT2D eigenvalue weighted by atomic mass is 9.90. The first kappa shape index (κ1) is 24.0. The standard InChI is InChI=1S/C26H25Cl2NO5/c1-31-18-6-8-19(9-7-18)34-25-24(17-5-10-20(27)21(28)15-17)29(26(25)30)13-12-16-4-11-22(32-2)23(14-16)33-3/h4-11,14-15,24-25H,12-13H2,1-3H3/t24-,25-/m0/s1. The van der Waals surface area contributed by atoms with E-state index < -0.39 is 6.10 Å². The maximum absolute atomic E-state index is 13.1. The Bertz CT molecular complexity index is 1170. The highest BCUT2D eigenvalue weighted by Gasteiger charge is 2.50. The van der Waals surface area contributed by atoms with Gasteiger partial charge in [-0.15, -0.1) is 0 Å². The molecule has 0 aliphatic carbocycles. The highest BCUT2D eigenvalue weighted by atomic mass is 35.5. The highest BCUT2D eigenvalue weighted by molar-refractivity contribution is 6.42. The van der Waals surface area contributed by atoms with E-state index in [-0.39, 0.29) is 11.9 Å². The van der Waals surface area contributed by atoms with Crippen molar-refractivity contribution in [2.45, 2.75) is 18.6 Å². The Hall–Kier alpha value is -3.09. The molecule has 8 heteroatoms. The molecule has 2 atom stereocenters. The number of hydrogen-bond acceptors (Lipinski definition) is 5. The molecule has 6 nitrogen and oxygen atoms in total. The molecule has 0 radical (unpaired) electrons. The van der Waals surface area contributed by atoms with E-state index in [1.165, 1.54) is 0 Å². The van der Waals surface area contributed by atoms with Gasteiger partial charge < -0.3 is 23.8 Å². The number of nitrogens with zero attached hydrogens (tertiary/aromatic N) is 1. The molecule has 178 valence electrons. The van der Waals surface area contributed by atoms with Gasteiger partial charge in [0.2, 0.25) is 6.10 Å². The molecule has 34 heavy (non-hydrogen) atoms. The van der Waals surface area contributed by atoms with Crippen LogP contribution in [0, 0.1) is 0 Å². The Labute approximate surface area is 208 Å².